The largest absolute Gasteiger partial charge is 0.356 e. The third-order valence-corrected chi connectivity index (χ3v) is 5.51. The monoisotopic (exact) mass is 474 g/mol. The van der Waals surface area contributed by atoms with E-state index in [4.69, 9.17) is 0 Å². The Bertz CT molecular complexity index is 583. The molecule has 2 N–H and O–H groups in total. The normalized spacial score (nSPS) is 19.1. The highest BCUT2D eigenvalue weighted by atomic mass is 127. The summed E-state index contributed by atoms with van der Waals surface area (Å²) in [5.41, 5.74) is 0.780. The first kappa shape index (κ1) is 21.4. The fourth-order valence-corrected chi connectivity index (χ4v) is 3.73. The highest BCUT2D eigenvalue weighted by Crippen LogP contribution is 2.48. The number of rotatable bonds is 8. The Morgan fingerprint density at radius 3 is 2.54 bits per heavy atom. The molecule has 1 aliphatic heterocycles. The van der Waals surface area contributed by atoms with Crippen LogP contribution in [-0.4, -0.2) is 50.6 Å². The number of halogens is 2. The molecule has 0 spiro atoms. The molecule has 1 saturated carbocycles. The van der Waals surface area contributed by atoms with E-state index in [1.54, 1.807) is 19.2 Å². The minimum atomic E-state index is -0.0911. The molecular formula is C20H32FIN4. The molecule has 146 valence electrons. The third-order valence-electron chi connectivity index (χ3n) is 5.51. The minimum Gasteiger partial charge on any atom is -0.356 e. The van der Waals surface area contributed by atoms with Gasteiger partial charge in [0.25, 0.3) is 0 Å². The average Bonchev–Trinajstić information content (AvgIpc) is 3.23. The molecule has 1 heterocycles. The maximum Gasteiger partial charge on any atom is 0.191 e. The first-order chi connectivity index (χ1) is 12.2. The molecule has 0 unspecified atom stereocenters. The Kier molecular flexibility index (Phi) is 8.60. The fourth-order valence-electron chi connectivity index (χ4n) is 3.73. The standard InChI is InChI=1S/C20H31FN4.HI/c1-22-19(23-12-4-5-13-25-14-6-7-15-25)24-16-20(10-11-20)17-8-2-3-9-18(17)21;/h2-3,8-9H,4-7,10-16H2,1H3,(H2,22,23,24);1H. The number of hydrogen-bond donors (Lipinski definition) is 2. The first-order valence-corrected chi connectivity index (χ1v) is 9.65. The SMILES string of the molecule is CN=C(NCCCCN1CCCC1)NCC1(c2ccccc2F)CC1.I. The van der Waals surface area contributed by atoms with Crippen LogP contribution in [0.25, 0.3) is 0 Å². The number of hydrogen-bond acceptors (Lipinski definition) is 2. The van der Waals surface area contributed by atoms with Gasteiger partial charge in [-0.1, -0.05) is 18.2 Å². The van der Waals surface area contributed by atoms with Gasteiger partial charge in [0.05, 0.1) is 0 Å². The summed E-state index contributed by atoms with van der Waals surface area (Å²) >= 11 is 0. The number of aliphatic imine (C=N–C) groups is 1. The number of guanidine groups is 1. The van der Waals surface area contributed by atoms with Crippen LogP contribution < -0.4 is 10.6 Å². The van der Waals surface area contributed by atoms with Gasteiger partial charge in [-0.3, -0.25) is 4.99 Å². The van der Waals surface area contributed by atoms with Crippen molar-refractivity contribution in [2.75, 3.05) is 39.8 Å². The molecule has 3 rings (SSSR count). The van der Waals surface area contributed by atoms with Crippen LogP contribution in [0.2, 0.25) is 0 Å². The number of benzene rings is 1. The zero-order valence-corrected chi connectivity index (χ0v) is 18.1. The maximum atomic E-state index is 14.1. The van der Waals surface area contributed by atoms with E-state index in [9.17, 15) is 4.39 Å². The summed E-state index contributed by atoms with van der Waals surface area (Å²) in [6, 6.07) is 7.15. The van der Waals surface area contributed by atoms with Crippen molar-refractivity contribution >= 4 is 29.9 Å². The van der Waals surface area contributed by atoms with Crippen LogP contribution in [0, 0.1) is 5.82 Å². The minimum absolute atomic E-state index is 0. The Hall–Kier alpha value is -0.890. The van der Waals surface area contributed by atoms with Gasteiger partial charge < -0.3 is 15.5 Å². The molecule has 0 bridgehead atoms. The molecule has 0 amide bonds. The lowest BCUT2D eigenvalue weighted by Crippen LogP contribution is -2.41. The van der Waals surface area contributed by atoms with Gasteiger partial charge in [-0.15, -0.1) is 24.0 Å². The molecule has 2 fully saturated rings. The zero-order chi connectivity index (χ0) is 17.5. The quantitative estimate of drug-likeness (QED) is 0.262. The van der Waals surface area contributed by atoms with Crippen LogP contribution in [0.1, 0.15) is 44.1 Å². The second kappa shape index (κ2) is 10.4. The predicted molar refractivity (Wildman–Crippen MR) is 117 cm³/mol. The van der Waals surface area contributed by atoms with Gasteiger partial charge in [-0.05, 0) is 69.8 Å². The number of nitrogens with zero attached hydrogens (tertiary/aromatic N) is 2. The van der Waals surface area contributed by atoms with E-state index in [1.807, 2.05) is 12.1 Å². The Labute approximate surface area is 174 Å². The van der Waals surface area contributed by atoms with Gasteiger partial charge in [0.1, 0.15) is 5.82 Å². The van der Waals surface area contributed by atoms with Crippen molar-refractivity contribution in [1.29, 1.82) is 0 Å². The summed E-state index contributed by atoms with van der Waals surface area (Å²) in [5.74, 6) is 0.732. The smallest absolute Gasteiger partial charge is 0.191 e. The molecule has 6 heteroatoms. The van der Waals surface area contributed by atoms with Crippen molar-refractivity contribution in [3.05, 3.63) is 35.6 Å². The molecule has 1 aromatic carbocycles. The van der Waals surface area contributed by atoms with E-state index >= 15 is 0 Å². The summed E-state index contributed by atoms with van der Waals surface area (Å²) < 4.78 is 14.1. The second-order valence-electron chi connectivity index (χ2n) is 7.37. The Morgan fingerprint density at radius 1 is 1.15 bits per heavy atom. The lowest BCUT2D eigenvalue weighted by atomic mass is 9.95. The van der Waals surface area contributed by atoms with Crippen LogP contribution in [0.4, 0.5) is 4.39 Å². The molecule has 0 atom stereocenters. The van der Waals surface area contributed by atoms with Crippen molar-refractivity contribution < 1.29 is 4.39 Å². The van der Waals surface area contributed by atoms with E-state index in [1.165, 1.54) is 38.9 Å². The molecule has 0 radical (unpaired) electrons. The lowest BCUT2D eigenvalue weighted by molar-refractivity contribution is 0.330. The molecule has 2 aliphatic rings. The fraction of sp³-hybridized carbons (Fsp3) is 0.650. The summed E-state index contributed by atoms with van der Waals surface area (Å²) in [6.45, 7) is 5.43. The van der Waals surface area contributed by atoms with Crippen LogP contribution >= 0.6 is 24.0 Å². The summed E-state index contributed by atoms with van der Waals surface area (Å²) in [7, 11) is 1.79. The summed E-state index contributed by atoms with van der Waals surface area (Å²) in [5, 5.41) is 6.78. The molecule has 1 aliphatic carbocycles. The van der Waals surface area contributed by atoms with E-state index in [2.05, 4.69) is 20.5 Å². The van der Waals surface area contributed by atoms with Crippen molar-refractivity contribution in [3.63, 3.8) is 0 Å². The topological polar surface area (TPSA) is 39.7 Å². The first-order valence-electron chi connectivity index (χ1n) is 9.65. The van der Waals surface area contributed by atoms with Gasteiger partial charge in [0.2, 0.25) is 0 Å². The van der Waals surface area contributed by atoms with Gasteiger partial charge in [0.15, 0.2) is 5.96 Å². The highest BCUT2D eigenvalue weighted by Gasteiger charge is 2.45. The molecule has 26 heavy (non-hydrogen) atoms. The number of nitrogens with one attached hydrogen (secondary N) is 2. The van der Waals surface area contributed by atoms with E-state index in [0.717, 1.165) is 43.9 Å². The summed E-state index contributed by atoms with van der Waals surface area (Å²) in [6.07, 6.45) is 7.16. The van der Waals surface area contributed by atoms with Gasteiger partial charge >= 0.3 is 0 Å². The molecular weight excluding hydrogens is 442 g/mol. The molecule has 4 nitrogen and oxygen atoms in total. The second-order valence-corrected chi connectivity index (χ2v) is 7.37. The number of unbranched alkanes of at least 4 members (excludes halogenated alkanes) is 1. The van der Waals surface area contributed by atoms with E-state index in [-0.39, 0.29) is 35.2 Å². The van der Waals surface area contributed by atoms with E-state index in [0.29, 0.717) is 0 Å². The van der Waals surface area contributed by atoms with Gasteiger partial charge in [-0.2, -0.15) is 0 Å². The molecule has 1 aromatic rings. The average molecular weight is 474 g/mol. The third kappa shape index (κ3) is 5.81. The maximum absolute atomic E-state index is 14.1. The highest BCUT2D eigenvalue weighted by molar-refractivity contribution is 14.0. The zero-order valence-electron chi connectivity index (χ0n) is 15.8. The molecule has 1 saturated heterocycles. The van der Waals surface area contributed by atoms with Crippen LogP contribution in [0.3, 0.4) is 0 Å². The van der Waals surface area contributed by atoms with Crippen LogP contribution in [0.15, 0.2) is 29.3 Å². The van der Waals surface area contributed by atoms with Gasteiger partial charge in [0, 0.05) is 25.6 Å². The molecule has 0 aromatic heterocycles. The van der Waals surface area contributed by atoms with Gasteiger partial charge in [-0.25, -0.2) is 4.39 Å². The Balaban J connectivity index is 0.00000243. The van der Waals surface area contributed by atoms with Crippen LogP contribution in [-0.2, 0) is 5.41 Å². The number of likely N-dealkylation sites (tertiary alicyclic amines) is 1. The lowest BCUT2D eigenvalue weighted by Gasteiger charge is -2.20. The van der Waals surface area contributed by atoms with Crippen LogP contribution in [0.5, 0.6) is 0 Å². The van der Waals surface area contributed by atoms with Crippen molar-refractivity contribution in [2.45, 2.75) is 43.9 Å². The predicted octanol–water partition coefficient (Wildman–Crippen LogP) is 3.52. The van der Waals surface area contributed by atoms with Crippen molar-refractivity contribution in [1.82, 2.24) is 15.5 Å². The summed E-state index contributed by atoms with van der Waals surface area (Å²) in [4.78, 5) is 6.85. The Morgan fingerprint density at radius 2 is 1.88 bits per heavy atom. The van der Waals surface area contributed by atoms with Crippen molar-refractivity contribution in [2.24, 2.45) is 4.99 Å². The van der Waals surface area contributed by atoms with Crippen molar-refractivity contribution in [3.8, 4) is 0 Å². The van der Waals surface area contributed by atoms with E-state index < -0.39 is 0 Å².